The summed E-state index contributed by atoms with van der Waals surface area (Å²) < 4.78 is 1.90. The molecule has 3 aromatic rings. The molecule has 0 aliphatic heterocycles. The van der Waals surface area contributed by atoms with Crippen LogP contribution in [0.25, 0.3) is 11.0 Å². The molecule has 2 aromatic heterocycles. The lowest BCUT2D eigenvalue weighted by molar-refractivity contribution is 0.0995. The monoisotopic (exact) mass is 302 g/mol. The van der Waals surface area contributed by atoms with Gasteiger partial charge in [-0.3, -0.25) is 4.79 Å². The third-order valence-electron chi connectivity index (χ3n) is 3.02. The Labute approximate surface area is 124 Å². The van der Waals surface area contributed by atoms with E-state index >= 15 is 0 Å². The maximum atomic E-state index is 11.4. The van der Waals surface area contributed by atoms with Crippen molar-refractivity contribution in [2.75, 3.05) is 5.32 Å². The number of fused-ring (bicyclic) bond motifs is 1. The number of rotatable bonds is 3. The molecule has 0 bridgehead atoms. The Hall–Kier alpha value is -2.67. The standard InChI is InChI=1S/C13H11ClN6O/c1-20-6-16-11-7(3-2-4-9(11)20)17-8-5-10(14)18-19-12(8)13(15)21/h2-6H,1H3,(H2,15,21)(H,17,18). The molecule has 8 heteroatoms. The molecule has 0 saturated heterocycles. The SMILES string of the molecule is Cn1cnc2c(Nc3cc(Cl)nnc3C(N)=O)cccc21. The molecular weight excluding hydrogens is 292 g/mol. The van der Waals surface area contributed by atoms with Crippen LogP contribution < -0.4 is 11.1 Å². The molecule has 0 aliphatic carbocycles. The first-order valence-corrected chi connectivity index (χ1v) is 6.44. The molecule has 3 N–H and O–H groups in total. The highest BCUT2D eigenvalue weighted by Crippen LogP contribution is 2.27. The molecule has 1 amide bonds. The van der Waals surface area contributed by atoms with Gasteiger partial charge in [0.25, 0.3) is 5.91 Å². The Morgan fingerprint density at radius 3 is 2.90 bits per heavy atom. The van der Waals surface area contributed by atoms with Gasteiger partial charge in [-0.2, -0.15) is 0 Å². The van der Waals surface area contributed by atoms with Crippen molar-refractivity contribution in [1.29, 1.82) is 0 Å². The van der Waals surface area contributed by atoms with Crippen molar-refractivity contribution in [3.63, 3.8) is 0 Å². The lowest BCUT2D eigenvalue weighted by Gasteiger charge is -2.09. The van der Waals surface area contributed by atoms with Crippen molar-refractivity contribution in [2.24, 2.45) is 12.8 Å². The van der Waals surface area contributed by atoms with Gasteiger partial charge in [-0.25, -0.2) is 4.98 Å². The number of para-hydroxylation sites is 1. The van der Waals surface area contributed by atoms with E-state index in [0.717, 1.165) is 16.7 Å². The van der Waals surface area contributed by atoms with E-state index in [1.165, 1.54) is 6.07 Å². The molecule has 0 saturated carbocycles. The molecule has 0 fully saturated rings. The minimum absolute atomic E-state index is 0.0207. The van der Waals surface area contributed by atoms with E-state index < -0.39 is 5.91 Å². The van der Waals surface area contributed by atoms with E-state index in [1.807, 2.05) is 29.8 Å². The lowest BCUT2D eigenvalue weighted by atomic mass is 10.2. The summed E-state index contributed by atoms with van der Waals surface area (Å²) in [6.07, 6.45) is 1.71. The van der Waals surface area contributed by atoms with Crippen LogP contribution in [0.4, 0.5) is 11.4 Å². The maximum Gasteiger partial charge on any atom is 0.271 e. The van der Waals surface area contributed by atoms with E-state index in [-0.39, 0.29) is 10.8 Å². The predicted octanol–water partition coefficient (Wildman–Crippen LogP) is 1.86. The van der Waals surface area contributed by atoms with Gasteiger partial charge in [-0.15, -0.1) is 10.2 Å². The van der Waals surface area contributed by atoms with Gasteiger partial charge < -0.3 is 15.6 Å². The fraction of sp³-hybridized carbons (Fsp3) is 0.0769. The van der Waals surface area contributed by atoms with Crippen molar-refractivity contribution in [3.8, 4) is 0 Å². The number of benzene rings is 1. The third-order valence-corrected chi connectivity index (χ3v) is 3.21. The number of nitrogens with zero attached hydrogens (tertiary/aromatic N) is 4. The van der Waals surface area contributed by atoms with Crippen molar-refractivity contribution in [3.05, 3.63) is 41.4 Å². The van der Waals surface area contributed by atoms with E-state index in [0.29, 0.717) is 5.69 Å². The summed E-state index contributed by atoms with van der Waals surface area (Å²) >= 11 is 5.82. The van der Waals surface area contributed by atoms with E-state index in [4.69, 9.17) is 17.3 Å². The van der Waals surface area contributed by atoms with Gasteiger partial charge in [0.2, 0.25) is 0 Å². The fourth-order valence-corrected chi connectivity index (χ4v) is 2.20. The molecule has 1 aromatic carbocycles. The number of anilines is 2. The summed E-state index contributed by atoms with van der Waals surface area (Å²) in [5, 5.41) is 10.6. The molecule has 0 atom stereocenters. The number of primary amides is 1. The zero-order chi connectivity index (χ0) is 15.0. The highest BCUT2D eigenvalue weighted by Gasteiger charge is 2.14. The number of hydrogen-bond donors (Lipinski definition) is 2. The summed E-state index contributed by atoms with van der Waals surface area (Å²) in [4.78, 5) is 15.7. The van der Waals surface area contributed by atoms with Crippen LogP contribution in [0.3, 0.4) is 0 Å². The second-order valence-electron chi connectivity index (χ2n) is 4.45. The van der Waals surface area contributed by atoms with Crippen LogP contribution in [0, 0.1) is 0 Å². The Bertz CT molecular complexity index is 844. The second-order valence-corrected chi connectivity index (χ2v) is 4.83. The largest absolute Gasteiger partial charge is 0.364 e. The molecule has 106 valence electrons. The van der Waals surface area contributed by atoms with Crippen LogP contribution in [0.5, 0.6) is 0 Å². The van der Waals surface area contributed by atoms with Gasteiger partial charge in [0.05, 0.1) is 23.2 Å². The number of halogens is 1. The number of imidazole rings is 1. The number of amides is 1. The van der Waals surface area contributed by atoms with Gasteiger partial charge in [0.15, 0.2) is 10.8 Å². The number of aromatic nitrogens is 4. The molecule has 3 rings (SSSR count). The van der Waals surface area contributed by atoms with Gasteiger partial charge in [0, 0.05) is 13.1 Å². The summed E-state index contributed by atoms with van der Waals surface area (Å²) in [5.74, 6) is -0.685. The Morgan fingerprint density at radius 1 is 1.33 bits per heavy atom. The quantitative estimate of drug-likeness (QED) is 0.769. The van der Waals surface area contributed by atoms with Crippen molar-refractivity contribution < 1.29 is 4.79 Å². The first-order valence-electron chi connectivity index (χ1n) is 6.06. The summed E-state index contributed by atoms with van der Waals surface area (Å²) in [5.41, 5.74) is 8.14. The second kappa shape index (κ2) is 5.02. The lowest BCUT2D eigenvalue weighted by Crippen LogP contribution is -2.16. The molecule has 0 aliphatic rings. The van der Waals surface area contributed by atoms with Crippen LogP contribution in [0.1, 0.15) is 10.5 Å². The summed E-state index contributed by atoms with van der Waals surface area (Å²) in [6.45, 7) is 0. The smallest absolute Gasteiger partial charge is 0.271 e. The number of nitrogens with two attached hydrogens (primary N) is 1. The molecule has 0 radical (unpaired) electrons. The van der Waals surface area contributed by atoms with Gasteiger partial charge in [0.1, 0.15) is 5.52 Å². The number of nitrogens with one attached hydrogen (secondary N) is 1. The molecule has 0 spiro atoms. The zero-order valence-corrected chi connectivity index (χ0v) is 11.8. The maximum absolute atomic E-state index is 11.4. The number of aryl methyl sites for hydroxylation is 1. The summed E-state index contributed by atoms with van der Waals surface area (Å²) in [7, 11) is 1.90. The average Bonchev–Trinajstić information content (AvgIpc) is 2.82. The van der Waals surface area contributed by atoms with Crippen LogP contribution >= 0.6 is 11.6 Å². The Kier molecular flexibility index (Phi) is 3.19. The molecule has 0 unspecified atom stereocenters. The number of carbonyl (C=O) groups is 1. The topological polar surface area (TPSA) is 98.7 Å². The normalized spacial score (nSPS) is 10.8. The van der Waals surface area contributed by atoms with E-state index in [1.54, 1.807) is 6.33 Å². The van der Waals surface area contributed by atoms with E-state index in [2.05, 4.69) is 20.5 Å². The van der Waals surface area contributed by atoms with E-state index in [9.17, 15) is 4.79 Å². The molecule has 21 heavy (non-hydrogen) atoms. The molecule has 2 heterocycles. The van der Waals surface area contributed by atoms with Crippen LogP contribution in [0.2, 0.25) is 5.15 Å². The van der Waals surface area contributed by atoms with Gasteiger partial charge >= 0.3 is 0 Å². The van der Waals surface area contributed by atoms with Gasteiger partial charge in [-0.05, 0) is 12.1 Å². The summed E-state index contributed by atoms with van der Waals surface area (Å²) in [6, 6.07) is 7.16. The van der Waals surface area contributed by atoms with Gasteiger partial charge in [-0.1, -0.05) is 17.7 Å². The number of hydrogen-bond acceptors (Lipinski definition) is 5. The van der Waals surface area contributed by atoms with Crippen molar-refractivity contribution in [1.82, 2.24) is 19.7 Å². The van der Waals surface area contributed by atoms with Crippen LogP contribution in [0.15, 0.2) is 30.6 Å². The van der Waals surface area contributed by atoms with Crippen molar-refractivity contribution in [2.45, 2.75) is 0 Å². The highest BCUT2D eigenvalue weighted by atomic mass is 35.5. The highest BCUT2D eigenvalue weighted by molar-refractivity contribution is 6.29. The van der Waals surface area contributed by atoms with Crippen LogP contribution in [-0.2, 0) is 7.05 Å². The fourth-order valence-electron chi connectivity index (χ4n) is 2.05. The first-order chi connectivity index (χ1) is 10.1. The Morgan fingerprint density at radius 2 is 2.14 bits per heavy atom. The third kappa shape index (κ3) is 2.38. The first kappa shape index (κ1) is 13.3. The average molecular weight is 303 g/mol. The van der Waals surface area contributed by atoms with Crippen LogP contribution in [-0.4, -0.2) is 25.7 Å². The minimum Gasteiger partial charge on any atom is -0.364 e. The predicted molar refractivity (Wildman–Crippen MR) is 79.6 cm³/mol. The molecular formula is C13H11ClN6O. The molecule has 7 nitrogen and oxygen atoms in total. The minimum atomic E-state index is -0.685. The number of carbonyl (C=O) groups excluding carboxylic acids is 1. The zero-order valence-electron chi connectivity index (χ0n) is 11.0. The Balaban J connectivity index is 2.10. The van der Waals surface area contributed by atoms with Crippen molar-refractivity contribution >= 4 is 39.9 Å².